The molecular weight excluding hydrogens is 413 g/mol. The van der Waals surface area contributed by atoms with Gasteiger partial charge in [-0.3, -0.25) is 4.79 Å². The normalized spacial score (nSPS) is 14.3. The van der Waals surface area contributed by atoms with Gasteiger partial charge < -0.3 is 15.6 Å². The van der Waals surface area contributed by atoms with Crippen LogP contribution in [-0.4, -0.2) is 23.6 Å². The van der Waals surface area contributed by atoms with Crippen LogP contribution in [0.4, 0.5) is 0 Å². The van der Waals surface area contributed by atoms with Gasteiger partial charge in [-0.2, -0.15) is 0 Å². The molecule has 150 valence electrons. The van der Waals surface area contributed by atoms with Gasteiger partial charge in [0.1, 0.15) is 5.75 Å². The predicted octanol–water partition coefficient (Wildman–Crippen LogP) is 4.97. The fraction of sp³-hybridized carbons (Fsp3) is 0.182. The third kappa shape index (κ3) is 3.88. The number of aryl methyl sites for hydroxylation is 1. The van der Waals surface area contributed by atoms with Gasteiger partial charge in [-0.15, -0.1) is 0 Å². The Morgan fingerprint density at radius 2 is 1.93 bits per heavy atom. The Hall–Kier alpha value is -2.76. The number of aliphatic carboxylic acids is 1. The maximum atomic E-state index is 12.4. The number of amides is 1. The number of primary amides is 1. The molecule has 0 saturated heterocycles. The lowest BCUT2D eigenvalue weighted by atomic mass is 9.97. The Morgan fingerprint density at radius 1 is 1.21 bits per heavy atom. The van der Waals surface area contributed by atoms with Gasteiger partial charge >= 0.3 is 5.97 Å². The summed E-state index contributed by atoms with van der Waals surface area (Å²) in [4.78, 5) is 23.4. The van der Waals surface area contributed by atoms with Crippen LogP contribution in [0.1, 0.15) is 35.6 Å². The van der Waals surface area contributed by atoms with Gasteiger partial charge in [0.25, 0.3) is 0 Å². The molecular formula is C22H19Cl2NO4. The first-order valence-electron chi connectivity index (χ1n) is 8.94. The number of ether oxygens (including phenoxy) is 1. The van der Waals surface area contributed by atoms with E-state index in [2.05, 4.69) is 0 Å². The second kappa shape index (κ2) is 8.31. The topological polar surface area (TPSA) is 89.6 Å². The fourth-order valence-corrected chi connectivity index (χ4v) is 3.88. The lowest BCUT2D eigenvalue weighted by molar-refractivity contribution is -0.139. The predicted molar refractivity (Wildman–Crippen MR) is 115 cm³/mol. The van der Waals surface area contributed by atoms with Crippen LogP contribution in [0.5, 0.6) is 5.75 Å². The number of halogens is 2. The number of rotatable bonds is 6. The standard InChI is InChI=1S/C22H19Cl2NO4/c1-3-13-15(9-12-5-4-6-16(23)20(12)24)14-8-7-11(2)21(29-10-17(26)27)18(14)19(13)22(25)28/h4-9H,3,10H2,1-2H3,(H2,25,28)(H,26,27). The second-order valence-corrected chi connectivity index (χ2v) is 7.37. The van der Waals surface area contributed by atoms with Crippen LogP contribution in [0.2, 0.25) is 10.0 Å². The minimum absolute atomic E-state index is 0.330. The summed E-state index contributed by atoms with van der Waals surface area (Å²) in [6, 6.07) is 9.00. The number of nitrogens with two attached hydrogens (primary N) is 1. The zero-order valence-electron chi connectivity index (χ0n) is 15.9. The van der Waals surface area contributed by atoms with Crippen LogP contribution in [0.15, 0.2) is 35.9 Å². The fourth-order valence-electron chi connectivity index (χ4n) is 3.52. The van der Waals surface area contributed by atoms with E-state index >= 15 is 0 Å². The number of fused-ring (bicyclic) bond motifs is 1. The average Bonchev–Trinajstić information content (AvgIpc) is 2.98. The highest BCUT2D eigenvalue weighted by molar-refractivity contribution is 6.43. The highest BCUT2D eigenvalue weighted by Gasteiger charge is 2.32. The molecule has 5 nitrogen and oxygen atoms in total. The molecule has 0 heterocycles. The summed E-state index contributed by atoms with van der Waals surface area (Å²) in [5.41, 5.74) is 10.2. The summed E-state index contributed by atoms with van der Waals surface area (Å²) < 4.78 is 5.54. The number of carbonyl (C=O) groups is 2. The lowest BCUT2D eigenvalue weighted by Crippen LogP contribution is -2.16. The Bertz CT molecular complexity index is 1090. The summed E-state index contributed by atoms with van der Waals surface area (Å²) in [5.74, 6) is -1.37. The molecule has 0 aromatic heterocycles. The van der Waals surface area contributed by atoms with Crippen molar-refractivity contribution < 1.29 is 19.4 Å². The molecule has 0 radical (unpaired) electrons. The number of carbonyl (C=O) groups excluding carboxylic acids is 1. The van der Waals surface area contributed by atoms with E-state index in [1.807, 2.05) is 31.2 Å². The van der Waals surface area contributed by atoms with E-state index in [4.69, 9.17) is 38.8 Å². The third-order valence-corrected chi connectivity index (χ3v) is 5.58. The number of carboxylic acid groups (broad SMARTS) is 1. The summed E-state index contributed by atoms with van der Waals surface area (Å²) >= 11 is 12.5. The first-order chi connectivity index (χ1) is 13.8. The zero-order chi connectivity index (χ0) is 21.3. The monoisotopic (exact) mass is 431 g/mol. The van der Waals surface area contributed by atoms with E-state index in [-0.39, 0.29) is 0 Å². The van der Waals surface area contributed by atoms with Gasteiger partial charge in [0.05, 0.1) is 15.6 Å². The van der Waals surface area contributed by atoms with Crippen molar-refractivity contribution in [3.63, 3.8) is 0 Å². The van der Waals surface area contributed by atoms with Crippen LogP contribution in [-0.2, 0) is 9.59 Å². The number of allylic oxidation sites excluding steroid dienone is 2. The maximum absolute atomic E-state index is 12.4. The molecule has 0 bridgehead atoms. The van der Waals surface area contributed by atoms with Crippen LogP contribution in [0, 0.1) is 6.92 Å². The van der Waals surface area contributed by atoms with Gasteiger partial charge in [0.2, 0.25) is 5.91 Å². The van der Waals surface area contributed by atoms with Crippen molar-refractivity contribution in [1.29, 1.82) is 0 Å². The van der Waals surface area contributed by atoms with E-state index in [1.54, 1.807) is 19.1 Å². The Morgan fingerprint density at radius 3 is 2.55 bits per heavy atom. The highest BCUT2D eigenvalue weighted by atomic mass is 35.5. The number of hydrogen-bond acceptors (Lipinski definition) is 3. The Labute approximate surface area is 178 Å². The van der Waals surface area contributed by atoms with Crippen molar-refractivity contribution in [3.8, 4) is 5.75 Å². The minimum Gasteiger partial charge on any atom is -0.481 e. The van der Waals surface area contributed by atoms with Crippen LogP contribution < -0.4 is 10.5 Å². The summed E-state index contributed by atoms with van der Waals surface area (Å²) in [6.07, 6.45) is 2.40. The zero-order valence-corrected chi connectivity index (χ0v) is 17.4. The van der Waals surface area contributed by atoms with E-state index in [0.717, 1.165) is 16.7 Å². The molecule has 29 heavy (non-hydrogen) atoms. The Balaban J connectivity index is 2.30. The molecule has 1 aliphatic carbocycles. The van der Waals surface area contributed by atoms with Gasteiger partial charge in [-0.05, 0) is 53.3 Å². The molecule has 3 rings (SSSR count). The molecule has 0 atom stereocenters. The second-order valence-electron chi connectivity index (χ2n) is 6.59. The smallest absolute Gasteiger partial charge is 0.341 e. The number of carboxylic acids is 1. The van der Waals surface area contributed by atoms with Gasteiger partial charge in [0.15, 0.2) is 6.61 Å². The van der Waals surface area contributed by atoms with E-state index in [9.17, 15) is 9.59 Å². The van der Waals surface area contributed by atoms with Crippen LogP contribution >= 0.6 is 23.2 Å². The van der Waals surface area contributed by atoms with Crippen molar-refractivity contribution >= 4 is 52.3 Å². The third-order valence-electron chi connectivity index (χ3n) is 4.74. The molecule has 0 aliphatic heterocycles. The van der Waals surface area contributed by atoms with Crippen molar-refractivity contribution in [2.45, 2.75) is 20.3 Å². The first-order valence-corrected chi connectivity index (χ1v) is 9.69. The quantitative estimate of drug-likeness (QED) is 0.675. The van der Waals surface area contributed by atoms with Gasteiger partial charge in [-0.1, -0.05) is 54.4 Å². The molecule has 0 spiro atoms. The first kappa shape index (κ1) is 21.0. The van der Waals surface area contributed by atoms with Crippen LogP contribution in [0.3, 0.4) is 0 Å². The summed E-state index contributed by atoms with van der Waals surface area (Å²) in [5, 5.41) is 9.85. The highest BCUT2D eigenvalue weighted by Crippen LogP contribution is 2.49. The van der Waals surface area contributed by atoms with Crippen molar-refractivity contribution in [2.75, 3.05) is 6.61 Å². The van der Waals surface area contributed by atoms with Gasteiger partial charge in [0, 0.05) is 5.56 Å². The molecule has 0 fully saturated rings. The van der Waals surface area contributed by atoms with Crippen molar-refractivity contribution in [3.05, 3.63) is 68.2 Å². The molecule has 2 aromatic rings. The number of benzene rings is 2. The van der Waals surface area contributed by atoms with Gasteiger partial charge in [-0.25, -0.2) is 4.79 Å². The van der Waals surface area contributed by atoms with E-state index in [1.165, 1.54) is 0 Å². The maximum Gasteiger partial charge on any atom is 0.341 e. The van der Waals surface area contributed by atoms with E-state index in [0.29, 0.717) is 44.5 Å². The molecule has 0 saturated carbocycles. The molecule has 1 aliphatic rings. The largest absolute Gasteiger partial charge is 0.481 e. The van der Waals surface area contributed by atoms with Crippen LogP contribution in [0.25, 0.3) is 17.2 Å². The molecule has 3 N–H and O–H groups in total. The Kier molecular flexibility index (Phi) is 6.01. The number of hydrogen-bond donors (Lipinski definition) is 2. The molecule has 7 heteroatoms. The lowest BCUT2D eigenvalue weighted by Gasteiger charge is -2.14. The summed E-state index contributed by atoms with van der Waals surface area (Å²) in [6.45, 7) is 3.18. The molecule has 0 unspecified atom stereocenters. The van der Waals surface area contributed by atoms with E-state index < -0.39 is 18.5 Å². The van der Waals surface area contributed by atoms with Crippen molar-refractivity contribution in [1.82, 2.24) is 0 Å². The minimum atomic E-state index is -1.11. The SMILES string of the molecule is CCC1=C(C(N)=O)c2c(ccc(C)c2OCC(=O)O)C1=Cc1cccc(Cl)c1Cl. The average molecular weight is 432 g/mol. The summed E-state index contributed by atoms with van der Waals surface area (Å²) in [7, 11) is 0. The van der Waals surface area contributed by atoms with Crippen molar-refractivity contribution in [2.24, 2.45) is 5.73 Å². The molecule has 2 aromatic carbocycles. The molecule has 1 amide bonds.